The second-order valence-electron chi connectivity index (χ2n) is 3.95. The van der Waals surface area contributed by atoms with E-state index in [1.165, 1.54) is 17.1 Å². The smallest absolute Gasteiger partial charge is 0.257 e. The number of hydrogen-bond donors (Lipinski definition) is 2. The molecule has 1 aromatic carbocycles. The number of carbonyl (C=O) groups is 2. The van der Waals surface area contributed by atoms with Crippen molar-refractivity contribution in [2.45, 2.75) is 6.54 Å². The molecular weight excluding hydrogens is 348 g/mol. The molecule has 3 N–H and O–H groups in total. The number of carbonyl (C=O) groups excluding carboxylic acids is 2. The zero-order valence-electron chi connectivity index (χ0n) is 10.1. The van der Waals surface area contributed by atoms with Crippen LogP contribution in [0.3, 0.4) is 0 Å². The maximum atomic E-state index is 12.1. The number of halogens is 2. The average Bonchev–Trinajstić information content (AvgIpc) is 2.79. The molecule has 2 aromatic rings. The van der Waals surface area contributed by atoms with Gasteiger partial charge in [0.15, 0.2) is 0 Å². The van der Waals surface area contributed by atoms with Gasteiger partial charge < -0.3 is 11.1 Å². The van der Waals surface area contributed by atoms with Gasteiger partial charge in [0.2, 0.25) is 5.91 Å². The highest BCUT2D eigenvalue weighted by atomic mass is 79.9. The molecule has 0 aliphatic carbocycles. The highest BCUT2D eigenvalue weighted by Gasteiger charge is 2.13. The summed E-state index contributed by atoms with van der Waals surface area (Å²) in [6.45, 7) is -0.0481. The molecule has 0 atom stereocenters. The molecule has 2 amide bonds. The Balaban J connectivity index is 2.13. The molecule has 0 fully saturated rings. The number of benzene rings is 1. The lowest BCUT2D eigenvalue weighted by Crippen LogP contribution is -2.18. The van der Waals surface area contributed by atoms with Crippen LogP contribution in [0.5, 0.6) is 0 Å². The summed E-state index contributed by atoms with van der Waals surface area (Å²) in [5.41, 5.74) is 5.84. The molecule has 2 rings (SSSR count). The van der Waals surface area contributed by atoms with Gasteiger partial charge >= 0.3 is 0 Å². The van der Waals surface area contributed by atoms with Crippen LogP contribution in [0, 0.1) is 0 Å². The standard InChI is InChI=1S/C12H10BrClN4O2/c13-9-3-1-2-8(11(9)14)12(20)17-7-4-16-18(5-7)6-10(15)19/h1-5H,6H2,(H2,15,19)(H,17,20). The fraction of sp³-hybridized carbons (Fsp3) is 0.0833. The van der Waals surface area contributed by atoms with Crippen molar-refractivity contribution >= 4 is 45.0 Å². The van der Waals surface area contributed by atoms with E-state index in [9.17, 15) is 9.59 Å². The molecule has 0 saturated carbocycles. The second kappa shape index (κ2) is 6.06. The molecule has 0 aliphatic rings. The van der Waals surface area contributed by atoms with E-state index in [-0.39, 0.29) is 12.5 Å². The molecule has 0 saturated heterocycles. The summed E-state index contributed by atoms with van der Waals surface area (Å²) < 4.78 is 1.97. The van der Waals surface area contributed by atoms with Gasteiger partial charge in [-0.15, -0.1) is 0 Å². The maximum Gasteiger partial charge on any atom is 0.257 e. The van der Waals surface area contributed by atoms with Gasteiger partial charge in [0, 0.05) is 10.7 Å². The van der Waals surface area contributed by atoms with E-state index >= 15 is 0 Å². The van der Waals surface area contributed by atoms with Crippen molar-refractivity contribution in [3.05, 3.63) is 45.7 Å². The number of hydrogen-bond acceptors (Lipinski definition) is 3. The molecule has 104 valence electrons. The Kier molecular flexibility index (Phi) is 4.41. The molecule has 8 heteroatoms. The Labute approximate surface area is 128 Å². The summed E-state index contributed by atoms with van der Waals surface area (Å²) in [7, 11) is 0. The van der Waals surface area contributed by atoms with Gasteiger partial charge in [-0.05, 0) is 28.1 Å². The monoisotopic (exact) mass is 356 g/mol. The summed E-state index contributed by atoms with van der Waals surface area (Å²) in [6, 6.07) is 5.06. The molecule has 6 nitrogen and oxygen atoms in total. The summed E-state index contributed by atoms with van der Waals surface area (Å²) in [5, 5.41) is 6.87. The van der Waals surface area contributed by atoms with Gasteiger partial charge in [-0.3, -0.25) is 14.3 Å². The molecule has 1 heterocycles. The maximum absolute atomic E-state index is 12.1. The van der Waals surface area contributed by atoms with Gasteiger partial charge in [0.05, 0.1) is 22.5 Å². The fourth-order valence-corrected chi connectivity index (χ4v) is 2.13. The highest BCUT2D eigenvalue weighted by Crippen LogP contribution is 2.26. The van der Waals surface area contributed by atoms with Crippen LogP contribution in [0.25, 0.3) is 0 Å². The van der Waals surface area contributed by atoms with E-state index in [1.807, 2.05) is 0 Å². The lowest BCUT2D eigenvalue weighted by atomic mass is 10.2. The first-order valence-corrected chi connectivity index (χ1v) is 6.70. The fourth-order valence-electron chi connectivity index (χ4n) is 1.55. The van der Waals surface area contributed by atoms with Gasteiger partial charge in [-0.2, -0.15) is 5.10 Å². The van der Waals surface area contributed by atoms with E-state index in [0.717, 1.165) is 0 Å². The third-order valence-electron chi connectivity index (χ3n) is 2.41. The minimum absolute atomic E-state index is 0.0481. The predicted molar refractivity (Wildman–Crippen MR) is 78.5 cm³/mol. The first-order valence-electron chi connectivity index (χ1n) is 5.53. The van der Waals surface area contributed by atoms with Crippen LogP contribution in [0.2, 0.25) is 5.02 Å². The lowest BCUT2D eigenvalue weighted by molar-refractivity contribution is -0.118. The Morgan fingerprint density at radius 2 is 2.20 bits per heavy atom. The van der Waals surface area contributed by atoms with E-state index in [0.29, 0.717) is 20.7 Å². The summed E-state index contributed by atoms with van der Waals surface area (Å²) in [5.74, 6) is -0.879. The summed E-state index contributed by atoms with van der Waals surface area (Å²) in [4.78, 5) is 22.8. The number of nitrogens with zero attached hydrogens (tertiary/aromatic N) is 2. The van der Waals surface area contributed by atoms with Crippen LogP contribution in [-0.4, -0.2) is 21.6 Å². The van der Waals surface area contributed by atoms with Gasteiger partial charge in [0.25, 0.3) is 5.91 Å². The minimum atomic E-state index is -0.513. The number of nitrogens with one attached hydrogen (secondary N) is 1. The normalized spacial score (nSPS) is 10.3. The molecule has 1 aromatic heterocycles. The van der Waals surface area contributed by atoms with Crippen molar-refractivity contribution in [3.8, 4) is 0 Å². The number of anilines is 1. The number of amides is 2. The Hall–Kier alpha value is -1.86. The third kappa shape index (κ3) is 3.37. The molecular formula is C12H10BrClN4O2. The van der Waals surface area contributed by atoms with E-state index in [4.69, 9.17) is 17.3 Å². The van der Waals surface area contributed by atoms with Crippen LogP contribution in [0.4, 0.5) is 5.69 Å². The van der Waals surface area contributed by atoms with Gasteiger partial charge in [-0.1, -0.05) is 17.7 Å². The number of primary amides is 1. The van der Waals surface area contributed by atoms with Crippen LogP contribution in [0.15, 0.2) is 35.1 Å². The lowest BCUT2D eigenvalue weighted by Gasteiger charge is -2.05. The van der Waals surface area contributed by atoms with E-state index in [2.05, 4.69) is 26.3 Å². The van der Waals surface area contributed by atoms with Crippen LogP contribution in [0.1, 0.15) is 10.4 Å². The number of aromatic nitrogens is 2. The van der Waals surface area contributed by atoms with Crippen molar-refractivity contribution in [2.75, 3.05) is 5.32 Å². The third-order valence-corrected chi connectivity index (χ3v) is 3.70. The van der Waals surface area contributed by atoms with Gasteiger partial charge in [0.1, 0.15) is 6.54 Å². The van der Waals surface area contributed by atoms with Gasteiger partial charge in [-0.25, -0.2) is 0 Å². The van der Waals surface area contributed by atoms with Crippen LogP contribution in [-0.2, 0) is 11.3 Å². The zero-order valence-corrected chi connectivity index (χ0v) is 12.5. The first kappa shape index (κ1) is 14.5. The van der Waals surface area contributed by atoms with Crippen molar-refractivity contribution in [2.24, 2.45) is 5.73 Å². The molecule has 0 unspecified atom stereocenters. The highest BCUT2D eigenvalue weighted by molar-refractivity contribution is 9.10. The van der Waals surface area contributed by atoms with Crippen molar-refractivity contribution in [1.29, 1.82) is 0 Å². The molecule has 20 heavy (non-hydrogen) atoms. The topological polar surface area (TPSA) is 90.0 Å². The first-order chi connectivity index (χ1) is 9.47. The second-order valence-corrected chi connectivity index (χ2v) is 5.18. The molecule has 0 bridgehead atoms. The van der Waals surface area contributed by atoms with Crippen molar-refractivity contribution < 1.29 is 9.59 Å². The Morgan fingerprint density at radius 1 is 1.45 bits per heavy atom. The molecule has 0 radical (unpaired) electrons. The average molecular weight is 358 g/mol. The van der Waals surface area contributed by atoms with E-state index in [1.54, 1.807) is 18.2 Å². The SMILES string of the molecule is NC(=O)Cn1cc(NC(=O)c2cccc(Br)c2Cl)cn1. The quantitative estimate of drug-likeness (QED) is 0.877. The van der Waals surface area contributed by atoms with Crippen molar-refractivity contribution in [1.82, 2.24) is 9.78 Å². The van der Waals surface area contributed by atoms with Crippen LogP contribution < -0.4 is 11.1 Å². The number of rotatable bonds is 4. The molecule has 0 aliphatic heterocycles. The zero-order chi connectivity index (χ0) is 14.7. The van der Waals surface area contributed by atoms with Crippen LogP contribution >= 0.6 is 27.5 Å². The predicted octanol–water partition coefficient (Wildman–Crippen LogP) is 2.04. The molecule has 0 spiro atoms. The van der Waals surface area contributed by atoms with Crippen molar-refractivity contribution in [3.63, 3.8) is 0 Å². The Morgan fingerprint density at radius 3 is 2.90 bits per heavy atom. The summed E-state index contributed by atoms with van der Waals surface area (Å²) in [6.07, 6.45) is 2.93. The summed E-state index contributed by atoms with van der Waals surface area (Å²) >= 11 is 9.29. The largest absolute Gasteiger partial charge is 0.368 e. The van der Waals surface area contributed by atoms with E-state index < -0.39 is 5.91 Å². The minimum Gasteiger partial charge on any atom is -0.368 e. The Bertz CT molecular complexity index is 671. The number of nitrogens with two attached hydrogens (primary N) is 1.